The number of rotatable bonds is 6. The Balaban J connectivity index is 2.86. The van der Waals surface area contributed by atoms with Crippen LogP contribution in [0.2, 0.25) is 0 Å². The van der Waals surface area contributed by atoms with E-state index < -0.39 is 10.0 Å². The Morgan fingerprint density at radius 3 is 2.60 bits per heavy atom. The minimum absolute atomic E-state index is 0.0184. The minimum Gasteiger partial charge on any atom is -0.330 e. The van der Waals surface area contributed by atoms with Gasteiger partial charge in [-0.1, -0.05) is 13.0 Å². The number of sulfonamides is 1. The van der Waals surface area contributed by atoms with Gasteiger partial charge in [-0.25, -0.2) is 13.6 Å². The Bertz CT molecular complexity index is 585. The van der Waals surface area contributed by atoms with Crippen LogP contribution in [-0.4, -0.2) is 20.9 Å². The van der Waals surface area contributed by atoms with Crippen LogP contribution in [0.3, 0.4) is 0 Å². The fraction of sp³-hybridized carbons (Fsp3) is 0.462. The largest absolute Gasteiger partial charge is 0.330 e. The number of nitrogens with two attached hydrogens (primary N) is 2. The number of carbonyl (C=O) groups is 1. The standard InChI is InChI=1S/C13H21N3O3S/c1-9-5-6-11(8-12(9)20(15,18)19)16-13(17)10(2)4-3-7-14/h5-6,8,10H,3-4,7,14H2,1-2H3,(H,16,17)(H2,15,18,19). The van der Waals surface area contributed by atoms with Crippen molar-refractivity contribution in [2.45, 2.75) is 31.6 Å². The second kappa shape index (κ2) is 6.83. The molecule has 1 atom stereocenters. The highest BCUT2D eigenvalue weighted by Gasteiger charge is 2.15. The summed E-state index contributed by atoms with van der Waals surface area (Å²) in [5.41, 5.74) is 6.37. The molecule has 0 aliphatic heterocycles. The van der Waals surface area contributed by atoms with Crippen LogP contribution < -0.4 is 16.2 Å². The Morgan fingerprint density at radius 2 is 2.05 bits per heavy atom. The van der Waals surface area contributed by atoms with Crippen LogP contribution in [0.5, 0.6) is 0 Å². The van der Waals surface area contributed by atoms with Crippen LogP contribution in [0, 0.1) is 12.8 Å². The maximum absolute atomic E-state index is 11.9. The molecule has 5 N–H and O–H groups in total. The molecule has 1 unspecified atom stereocenters. The maximum atomic E-state index is 11.9. The van der Waals surface area contributed by atoms with E-state index in [1.165, 1.54) is 6.07 Å². The zero-order valence-corrected chi connectivity index (χ0v) is 12.5. The van der Waals surface area contributed by atoms with Crippen LogP contribution in [0.4, 0.5) is 5.69 Å². The predicted octanol–water partition coefficient (Wildman–Crippen LogP) is 0.956. The molecule has 1 aromatic carbocycles. The summed E-state index contributed by atoms with van der Waals surface area (Å²) in [5, 5.41) is 7.82. The Labute approximate surface area is 119 Å². The number of primary sulfonamides is 1. The van der Waals surface area contributed by atoms with E-state index in [4.69, 9.17) is 10.9 Å². The molecule has 0 saturated heterocycles. The van der Waals surface area contributed by atoms with Gasteiger partial charge < -0.3 is 11.1 Å². The highest BCUT2D eigenvalue weighted by molar-refractivity contribution is 7.89. The van der Waals surface area contributed by atoms with Crippen molar-refractivity contribution in [3.8, 4) is 0 Å². The van der Waals surface area contributed by atoms with Gasteiger partial charge in [-0.05, 0) is 44.0 Å². The van der Waals surface area contributed by atoms with Crippen molar-refractivity contribution in [1.29, 1.82) is 0 Å². The molecule has 6 nitrogen and oxygen atoms in total. The third-order valence-electron chi connectivity index (χ3n) is 3.05. The van der Waals surface area contributed by atoms with Crippen LogP contribution in [-0.2, 0) is 14.8 Å². The summed E-state index contributed by atoms with van der Waals surface area (Å²) < 4.78 is 22.8. The average molecular weight is 299 g/mol. The van der Waals surface area contributed by atoms with Gasteiger partial charge in [0.1, 0.15) is 0 Å². The second-order valence-electron chi connectivity index (χ2n) is 4.85. The molecule has 1 aromatic rings. The molecule has 0 spiro atoms. The molecule has 0 heterocycles. The molecular formula is C13H21N3O3S. The first kappa shape index (κ1) is 16.6. The van der Waals surface area contributed by atoms with E-state index >= 15 is 0 Å². The number of hydrogen-bond acceptors (Lipinski definition) is 4. The van der Waals surface area contributed by atoms with Crippen molar-refractivity contribution in [2.75, 3.05) is 11.9 Å². The van der Waals surface area contributed by atoms with Gasteiger partial charge in [0.25, 0.3) is 0 Å². The van der Waals surface area contributed by atoms with Crippen LogP contribution in [0.25, 0.3) is 0 Å². The third kappa shape index (κ3) is 4.59. The van der Waals surface area contributed by atoms with Gasteiger partial charge in [-0.2, -0.15) is 0 Å². The summed E-state index contributed by atoms with van der Waals surface area (Å²) in [7, 11) is -3.79. The van der Waals surface area contributed by atoms with Crippen LogP contribution >= 0.6 is 0 Å². The van der Waals surface area contributed by atoms with E-state index in [0.29, 0.717) is 24.2 Å². The summed E-state index contributed by atoms with van der Waals surface area (Å²) in [6, 6.07) is 4.63. The average Bonchev–Trinajstić information content (AvgIpc) is 2.36. The van der Waals surface area contributed by atoms with Gasteiger partial charge in [0.15, 0.2) is 0 Å². The third-order valence-corrected chi connectivity index (χ3v) is 4.10. The lowest BCUT2D eigenvalue weighted by Gasteiger charge is -2.13. The van der Waals surface area contributed by atoms with Gasteiger partial charge in [-0.15, -0.1) is 0 Å². The number of amides is 1. The van der Waals surface area contributed by atoms with Crippen molar-refractivity contribution in [1.82, 2.24) is 0 Å². The molecule has 0 aliphatic carbocycles. The number of benzene rings is 1. The van der Waals surface area contributed by atoms with Crippen LogP contribution in [0.15, 0.2) is 23.1 Å². The number of carbonyl (C=O) groups excluding carboxylic acids is 1. The zero-order valence-electron chi connectivity index (χ0n) is 11.7. The van der Waals surface area contributed by atoms with Gasteiger partial charge >= 0.3 is 0 Å². The summed E-state index contributed by atoms with van der Waals surface area (Å²) >= 11 is 0. The first-order chi connectivity index (χ1) is 9.25. The van der Waals surface area contributed by atoms with E-state index in [9.17, 15) is 13.2 Å². The molecule has 0 radical (unpaired) electrons. The van der Waals surface area contributed by atoms with E-state index in [0.717, 1.165) is 6.42 Å². The first-order valence-corrected chi connectivity index (χ1v) is 7.94. The zero-order chi connectivity index (χ0) is 15.3. The molecule has 1 rings (SSSR count). The van der Waals surface area contributed by atoms with Gasteiger partial charge in [0.05, 0.1) is 4.90 Å². The van der Waals surface area contributed by atoms with Crippen molar-refractivity contribution >= 4 is 21.6 Å². The lowest BCUT2D eigenvalue weighted by molar-refractivity contribution is -0.119. The molecule has 1 amide bonds. The van der Waals surface area contributed by atoms with Gasteiger partial charge in [0, 0.05) is 11.6 Å². The summed E-state index contributed by atoms with van der Waals surface area (Å²) in [6.45, 7) is 3.99. The molecule has 0 fully saturated rings. The van der Waals surface area contributed by atoms with Crippen LogP contribution in [0.1, 0.15) is 25.3 Å². The number of hydrogen-bond donors (Lipinski definition) is 3. The minimum atomic E-state index is -3.79. The first-order valence-electron chi connectivity index (χ1n) is 6.40. The van der Waals surface area contributed by atoms with E-state index in [-0.39, 0.29) is 16.7 Å². The Morgan fingerprint density at radius 1 is 1.40 bits per heavy atom. The molecule has 0 aromatic heterocycles. The lowest BCUT2D eigenvalue weighted by Crippen LogP contribution is -2.21. The monoisotopic (exact) mass is 299 g/mol. The van der Waals surface area contributed by atoms with Crippen molar-refractivity contribution in [2.24, 2.45) is 16.8 Å². The predicted molar refractivity (Wildman–Crippen MR) is 78.6 cm³/mol. The smallest absolute Gasteiger partial charge is 0.238 e. The molecule has 112 valence electrons. The van der Waals surface area contributed by atoms with Crippen molar-refractivity contribution in [3.05, 3.63) is 23.8 Å². The molecule has 0 bridgehead atoms. The lowest BCUT2D eigenvalue weighted by atomic mass is 10.0. The van der Waals surface area contributed by atoms with E-state index in [2.05, 4.69) is 5.32 Å². The van der Waals surface area contributed by atoms with E-state index in [1.54, 1.807) is 26.0 Å². The maximum Gasteiger partial charge on any atom is 0.238 e. The Kier molecular flexibility index (Phi) is 5.67. The van der Waals surface area contributed by atoms with Gasteiger partial charge in [-0.3, -0.25) is 4.79 Å². The molecule has 7 heteroatoms. The molecule has 0 aliphatic rings. The molecule has 20 heavy (non-hydrogen) atoms. The van der Waals surface area contributed by atoms with Gasteiger partial charge in [0.2, 0.25) is 15.9 Å². The quantitative estimate of drug-likeness (QED) is 0.725. The number of nitrogens with one attached hydrogen (secondary N) is 1. The Hall–Kier alpha value is -1.44. The SMILES string of the molecule is Cc1ccc(NC(=O)C(C)CCCN)cc1S(N)(=O)=O. The molecule has 0 saturated carbocycles. The number of anilines is 1. The topological polar surface area (TPSA) is 115 Å². The fourth-order valence-corrected chi connectivity index (χ4v) is 2.61. The normalized spacial score (nSPS) is 13.0. The van der Waals surface area contributed by atoms with E-state index in [1.807, 2.05) is 0 Å². The second-order valence-corrected chi connectivity index (χ2v) is 6.38. The summed E-state index contributed by atoms with van der Waals surface area (Å²) in [6.07, 6.45) is 1.46. The highest BCUT2D eigenvalue weighted by Crippen LogP contribution is 2.20. The van der Waals surface area contributed by atoms with Crippen molar-refractivity contribution < 1.29 is 13.2 Å². The summed E-state index contributed by atoms with van der Waals surface area (Å²) in [4.78, 5) is 12.0. The fourth-order valence-electron chi connectivity index (χ4n) is 1.80. The molecular weight excluding hydrogens is 278 g/mol. The highest BCUT2D eigenvalue weighted by atomic mass is 32.2. The van der Waals surface area contributed by atoms with Crippen molar-refractivity contribution in [3.63, 3.8) is 0 Å². The summed E-state index contributed by atoms with van der Waals surface area (Å²) in [5.74, 6) is -0.347. The number of aryl methyl sites for hydroxylation is 1.